The molecule has 0 aliphatic rings. The van der Waals surface area contributed by atoms with Gasteiger partial charge in [0.15, 0.2) is 0 Å². The molecular formula is C9H20N2O2. The third-order valence-electron chi connectivity index (χ3n) is 1.68. The molecule has 0 fully saturated rings. The molecule has 0 aromatic heterocycles. The minimum Gasteiger partial charge on any atom is -0.444 e. The molecule has 0 bridgehead atoms. The second kappa shape index (κ2) is 4.46. The predicted octanol–water partition coefficient (Wildman–Crippen LogP) is 1.42. The highest BCUT2D eigenvalue weighted by atomic mass is 16.6. The molecule has 1 atom stereocenters. The minimum absolute atomic E-state index is 0.0187. The van der Waals surface area contributed by atoms with Gasteiger partial charge < -0.3 is 10.1 Å². The van der Waals surface area contributed by atoms with Crippen molar-refractivity contribution in [3.05, 3.63) is 0 Å². The Kier molecular flexibility index (Phi) is 4.20. The summed E-state index contributed by atoms with van der Waals surface area (Å²) in [5.41, 5.74) is -0.432. The van der Waals surface area contributed by atoms with Crippen molar-refractivity contribution in [1.29, 1.82) is 0 Å². The maximum Gasteiger partial charge on any atom is 0.411 e. The number of nitrogens with one attached hydrogen (secondary N) is 1. The minimum atomic E-state index is -0.432. The van der Waals surface area contributed by atoms with Crippen LogP contribution in [0.1, 0.15) is 27.7 Å². The Balaban J connectivity index is 4.12. The first kappa shape index (κ1) is 12.2. The first-order chi connectivity index (χ1) is 5.78. The molecule has 0 saturated heterocycles. The summed E-state index contributed by atoms with van der Waals surface area (Å²) in [4.78, 5) is 12.9. The molecule has 1 unspecified atom stereocenters. The van der Waals surface area contributed by atoms with E-state index >= 15 is 0 Å². The van der Waals surface area contributed by atoms with E-state index in [1.807, 2.05) is 27.7 Å². The van der Waals surface area contributed by atoms with Gasteiger partial charge in [0.25, 0.3) is 0 Å². The van der Waals surface area contributed by atoms with Crippen LogP contribution >= 0.6 is 0 Å². The van der Waals surface area contributed by atoms with Crippen molar-refractivity contribution in [3.8, 4) is 0 Å². The van der Waals surface area contributed by atoms with Gasteiger partial charge in [0.05, 0.1) is 6.17 Å². The molecule has 0 aromatic carbocycles. The van der Waals surface area contributed by atoms with E-state index in [0.29, 0.717) is 0 Å². The Morgan fingerprint density at radius 1 is 1.46 bits per heavy atom. The zero-order chi connectivity index (χ0) is 10.6. The van der Waals surface area contributed by atoms with Gasteiger partial charge in [0.2, 0.25) is 0 Å². The lowest BCUT2D eigenvalue weighted by Crippen LogP contribution is -2.45. The van der Waals surface area contributed by atoms with E-state index in [4.69, 9.17) is 4.74 Å². The molecule has 0 aliphatic carbocycles. The molecule has 4 nitrogen and oxygen atoms in total. The van der Waals surface area contributed by atoms with Gasteiger partial charge in [0.1, 0.15) is 5.60 Å². The van der Waals surface area contributed by atoms with E-state index in [1.165, 1.54) is 4.90 Å². The quantitative estimate of drug-likeness (QED) is 0.666. The van der Waals surface area contributed by atoms with Crippen molar-refractivity contribution >= 4 is 6.09 Å². The third kappa shape index (κ3) is 4.72. The molecule has 0 spiro atoms. The molecule has 0 rings (SSSR count). The lowest BCUT2D eigenvalue weighted by Gasteiger charge is -2.28. The number of carbonyl (C=O) groups is 1. The topological polar surface area (TPSA) is 41.6 Å². The van der Waals surface area contributed by atoms with Crippen LogP contribution in [-0.4, -0.2) is 36.9 Å². The summed E-state index contributed by atoms with van der Waals surface area (Å²) in [6.45, 7) is 7.44. The van der Waals surface area contributed by atoms with Gasteiger partial charge in [-0.25, -0.2) is 4.79 Å². The van der Waals surface area contributed by atoms with Crippen molar-refractivity contribution in [1.82, 2.24) is 10.2 Å². The van der Waals surface area contributed by atoms with Gasteiger partial charge in [-0.2, -0.15) is 0 Å². The second-order valence-corrected chi connectivity index (χ2v) is 4.06. The van der Waals surface area contributed by atoms with E-state index in [1.54, 1.807) is 14.1 Å². The summed E-state index contributed by atoms with van der Waals surface area (Å²) in [6, 6.07) is 0. The maximum atomic E-state index is 11.4. The van der Waals surface area contributed by atoms with E-state index in [2.05, 4.69) is 5.32 Å². The lowest BCUT2D eigenvalue weighted by molar-refractivity contribution is 0.0215. The average molecular weight is 188 g/mol. The lowest BCUT2D eigenvalue weighted by atomic mass is 10.2. The number of rotatable bonds is 2. The molecule has 78 valence electrons. The van der Waals surface area contributed by atoms with Gasteiger partial charge in [0, 0.05) is 7.05 Å². The van der Waals surface area contributed by atoms with Crippen LogP contribution in [-0.2, 0) is 4.74 Å². The molecule has 1 amide bonds. The first-order valence-corrected chi connectivity index (χ1v) is 4.41. The normalized spacial score (nSPS) is 13.7. The Morgan fingerprint density at radius 2 is 1.92 bits per heavy atom. The largest absolute Gasteiger partial charge is 0.444 e. The van der Waals surface area contributed by atoms with Crippen LogP contribution in [0.15, 0.2) is 0 Å². The Labute approximate surface area is 80.2 Å². The van der Waals surface area contributed by atoms with Crippen molar-refractivity contribution in [2.24, 2.45) is 0 Å². The summed E-state index contributed by atoms with van der Waals surface area (Å²) in [5.74, 6) is 0. The second-order valence-electron chi connectivity index (χ2n) is 4.06. The number of nitrogens with zero attached hydrogens (tertiary/aromatic N) is 1. The predicted molar refractivity (Wildman–Crippen MR) is 52.5 cm³/mol. The molecule has 0 saturated carbocycles. The highest BCUT2D eigenvalue weighted by Crippen LogP contribution is 2.09. The maximum absolute atomic E-state index is 11.4. The van der Waals surface area contributed by atoms with E-state index < -0.39 is 5.60 Å². The van der Waals surface area contributed by atoms with Crippen LogP contribution in [0.25, 0.3) is 0 Å². The fourth-order valence-electron chi connectivity index (χ4n) is 0.686. The van der Waals surface area contributed by atoms with Crippen LogP contribution < -0.4 is 5.32 Å². The summed E-state index contributed by atoms with van der Waals surface area (Å²) < 4.78 is 5.17. The van der Waals surface area contributed by atoms with Crippen LogP contribution in [0.3, 0.4) is 0 Å². The molecule has 1 N–H and O–H groups in total. The molecule has 0 aliphatic heterocycles. The summed E-state index contributed by atoms with van der Waals surface area (Å²) in [5, 5.41) is 2.96. The monoisotopic (exact) mass is 188 g/mol. The third-order valence-corrected chi connectivity index (χ3v) is 1.68. The summed E-state index contributed by atoms with van der Waals surface area (Å²) >= 11 is 0. The number of ether oxygens (including phenoxy) is 1. The highest BCUT2D eigenvalue weighted by Gasteiger charge is 2.21. The van der Waals surface area contributed by atoms with Crippen LogP contribution in [0.2, 0.25) is 0 Å². The Bertz CT molecular complexity index is 175. The smallest absolute Gasteiger partial charge is 0.411 e. The zero-order valence-electron chi connectivity index (χ0n) is 9.34. The van der Waals surface area contributed by atoms with Crippen molar-refractivity contribution in [2.75, 3.05) is 14.1 Å². The molecule has 0 heterocycles. The average Bonchev–Trinajstić information content (AvgIpc) is 1.98. The standard InChI is InChI=1S/C9H20N2O2/c1-7(10-5)11(6)8(12)13-9(2,3)4/h7,10H,1-6H3. The fourth-order valence-corrected chi connectivity index (χ4v) is 0.686. The van der Waals surface area contributed by atoms with Crippen LogP contribution in [0.5, 0.6) is 0 Å². The first-order valence-electron chi connectivity index (χ1n) is 4.41. The van der Waals surface area contributed by atoms with E-state index in [9.17, 15) is 4.79 Å². The Morgan fingerprint density at radius 3 is 2.23 bits per heavy atom. The number of hydrogen-bond acceptors (Lipinski definition) is 3. The molecule has 0 radical (unpaired) electrons. The Hall–Kier alpha value is -0.770. The van der Waals surface area contributed by atoms with Crippen molar-refractivity contribution in [3.63, 3.8) is 0 Å². The molecule has 4 heteroatoms. The van der Waals surface area contributed by atoms with E-state index in [-0.39, 0.29) is 12.3 Å². The molecule has 0 aromatic rings. The van der Waals surface area contributed by atoms with Gasteiger partial charge in [-0.1, -0.05) is 0 Å². The summed E-state index contributed by atoms with van der Waals surface area (Å²) in [6.07, 6.45) is -0.329. The van der Waals surface area contributed by atoms with Gasteiger partial charge in [-0.05, 0) is 34.7 Å². The SMILES string of the molecule is CNC(C)N(C)C(=O)OC(C)(C)C. The molecule has 13 heavy (non-hydrogen) atoms. The van der Waals surface area contributed by atoms with Crippen molar-refractivity contribution < 1.29 is 9.53 Å². The molecular weight excluding hydrogens is 168 g/mol. The van der Waals surface area contributed by atoms with Crippen LogP contribution in [0.4, 0.5) is 4.79 Å². The zero-order valence-corrected chi connectivity index (χ0v) is 9.34. The number of hydrogen-bond donors (Lipinski definition) is 1. The van der Waals surface area contributed by atoms with Gasteiger partial charge >= 0.3 is 6.09 Å². The highest BCUT2D eigenvalue weighted by molar-refractivity contribution is 5.68. The van der Waals surface area contributed by atoms with E-state index in [0.717, 1.165) is 0 Å². The number of amides is 1. The fraction of sp³-hybridized carbons (Fsp3) is 0.889. The van der Waals surface area contributed by atoms with Crippen LogP contribution in [0, 0.1) is 0 Å². The van der Waals surface area contributed by atoms with Crippen molar-refractivity contribution in [2.45, 2.75) is 39.5 Å². The number of carbonyl (C=O) groups excluding carboxylic acids is 1. The summed E-state index contributed by atoms with van der Waals surface area (Å²) in [7, 11) is 3.50. The van der Waals surface area contributed by atoms with Gasteiger partial charge in [-0.15, -0.1) is 0 Å². The van der Waals surface area contributed by atoms with Gasteiger partial charge in [-0.3, -0.25) is 4.90 Å².